The molecular weight excluding hydrogens is 402 g/mol. The van der Waals surface area contributed by atoms with Gasteiger partial charge in [-0.15, -0.1) is 0 Å². The van der Waals surface area contributed by atoms with Crippen molar-refractivity contribution in [1.82, 2.24) is 14.3 Å². The van der Waals surface area contributed by atoms with Crippen molar-refractivity contribution in [1.29, 1.82) is 0 Å². The molecule has 162 valence electrons. The van der Waals surface area contributed by atoms with Gasteiger partial charge in [-0.3, -0.25) is 0 Å². The Bertz CT molecular complexity index is 958. The molecule has 2 aliphatic heterocycles. The average molecular weight is 432 g/mol. The monoisotopic (exact) mass is 431 g/mol. The molecule has 0 atom stereocenters. The molecule has 8 heteroatoms. The Labute approximate surface area is 178 Å². The Morgan fingerprint density at radius 1 is 1.10 bits per heavy atom. The molecule has 1 fully saturated rings. The third-order valence-electron chi connectivity index (χ3n) is 5.66. The number of sulfonamides is 1. The average Bonchev–Trinajstić information content (AvgIpc) is 3.00. The quantitative estimate of drug-likeness (QED) is 0.699. The Morgan fingerprint density at radius 3 is 2.57 bits per heavy atom. The highest BCUT2D eigenvalue weighted by Crippen LogP contribution is 2.27. The van der Waals surface area contributed by atoms with E-state index in [0.717, 1.165) is 41.9 Å². The second-order valence-electron chi connectivity index (χ2n) is 7.79. The predicted molar refractivity (Wildman–Crippen MR) is 114 cm³/mol. The van der Waals surface area contributed by atoms with E-state index in [2.05, 4.69) is 9.97 Å². The van der Waals surface area contributed by atoms with Gasteiger partial charge in [0, 0.05) is 37.9 Å². The van der Waals surface area contributed by atoms with Crippen LogP contribution in [0.15, 0.2) is 30.3 Å². The minimum Gasteiger partial charge on any atom is -0.474 e. The van der Waals surface area contributed by atoms with Crippen LogP contribution in [0.2, 0.25) is 0 Å². The van der Waals surface area contributed by atoms with E-state index < -0.39 is 10.0 Å². The summed E-state index contributed by atoms with van der Waals surface area (Å²) in [5.41, 5.74) is 2.88. The molecular formula is C22H29N3O4S. The lowest BCUT2D eigenvalue weighted by Gasteiger charge is -2.31. The predicted octanol–water partition coefficient (Wildman–Crippen LogP) is 2.53. The second-order valence-corrected chi connectivity index (χ2v) is 9.76. The number of hydrogen-bond donors (Lipinski definition) is 0. The van der Waals surface area contributed by atoms with E-state index in [0.29, 0.717) is 45.0 Å². The Hall–Kier alpha value is -2.03. The maximum absolute atomic E-state index is 12.8. The molecule has 0 N–H and O–H groups in total. The lowest BCUT2D eigenvalue weighted by Crippen LogP contribution is -2.42. The van der Waals surface area contributed by atoms with Crippen LogP contribution in [0, 0.1) is 0 Å². The summed E-state index contributed by atoms with van der Waals surface area (Å²) in [4.78, 5) is 9.31. The Balaban J connectivity index is 1.41. The molecule has 0 aliphatic carbocycles. The fraction of sp³-hybridized carbons (Fsp3) is 0.545. The summed E-state index contributed by atoms with van der Waals surface area (Å²) in [5, 5.41) is 0. The molecule has 30 heavy (non-hydrogen) atoms. The molecule has 0 radical (unpaired) electrons. The van der Waals surface area contributed by atoms with Gasteiger partial charge in [-0.1, -0.05) is 37.3 Å². The van der Waals surface area contributed by atoms with Crippen LogP contribution in [0.5, 0.6) is 5.88 Å². The summed E-state index contributed by atoms with van der Waals surface area (Å²) >= 11 is 0. The highest BCUT2D eigenvalue weighted by molar-refractivity contribution is 7.88. The summed E-state index contributed by atoms with van der Waals surface area (Å²) in [6.45, 7) is 4.29. The highest BCUT2D eigenvalue weighted by atomic mass is 32.2. The van der Waals surface area contributed by atoms with Gasteiger partial charge in [-0.05, 0) is 18.4 Å². The number of piperidine rings is 1. The molecule has 1 saturated heterocycles. The van der Waals surface area contributed by atoms with E-state index in [1.54, 1.807) is 4.31 Å². The van der Waals surface area contributed by atoms with Gasteiger partial charge < -0.3 is 9.47 Å². The summed E-state index contributed by atoms with van der Waals surface area (Å²) in [5.74, 6) is 1.49. The van der Waals surface area contributed by atoms with Gasteiger partial charge in [-0.2, -0.15) is 4.98 Å². The maximum Gasteiger partial charge on any atom is 0.220 e. The van der Waals surface area contributed by atoms with Crippen LogP contribution in [0.3, 0.4) is 0 Å². The van der Waals surface area contributed by atoms with Crippen molar-refractivity contribution in [3.8, 4) is 5.88 Å². The molecule has 0 unspecified atom stereocenters. The molecule has 0 saturated carbocycles. The second kappa shape index (κ2) is 9.41. The van der Waals surface area contributed by atoms with Crippen LogP contribution >= 0.6 is 0 Å². The van der Waals surface area contributed by atoms with Crippen molar-refractivity contribution in [2.24, 2.45) is 0 Å². The van der Waals surface area contributed by atoms with Gasteiger partial charge in [0.05, 0.1) is 24.7 Å². The molecule has 2 aliphatic rings. The summed E-state index contributed by atoms with van der Waals surface area (Å²) in [6.07, 6.45) is 3.55. The number of aromatic nitrogens is 2. The fourth-order valence-electron chi connectivity index (χ4n) is 3.98. The Kier molecular flexibility index (Phi) is 6.65. The number of rotatable bonds is 6. The van der Waals surface area contributed by atoms with Gasteiger partial charge >= 0.3 is 0 Å². The molecule has 3 heterocycles. The molecule has 2 aromatic rings. The van der Waals surface area contributed by atoms with Crippen LogP contribution in [0.4, 0.5) is 0 Å². The van der Waals surface area contributed by atoms with Gasteiger partial charge in [0.2, 0.25) is 15.9 Å². The Morgan fingerprint density at radius 2 is 1.83 bits per heavy atom. The standard InChI is InChI=1S/C22H29N3O4S/c1-2-21-23-20-11-15-28-14-10-19(20)22(24-21)29-18-8-12-25(13-9-18)30(26,27)16-17-6-4-3-5-7-17/h3-7,18H,2,8-16H2,1H3. The first-order valence-electron chi connectivity index (χ1n) is 10.7. The third kappa shape index (κ3) is 4.99. The van der Waals surface area contributed by atoms with E-state index >= 15 is 0 Å². The van der Waals surface area contributed by atoms with Crippen LogP contribution in [-0.2, 0) is 39.8 Å². The van der Waals surface area contributed by atoms with E-state index in [4.69, 9.17) is 9.47 Å². The largest absolute Gasteiger partial charge is 0.474 e. The van der Waals surface area contributed by atoms with E-state index in [1.807, 2.05) is 37.3 Å². The molecule has 1 aromatic heterocycles. The van der Waals surface area contributed by atoms with Gasteiger partial charge in [0.15, 0.2) is 0 Å². The van der Waals surface area contributed by atoms with Crippen LogP contribution in [0.1, 0.15) is 42.4 Å². The van der Waals surface area contributed by atoms with Gasteiger partial charge in [0.25, 0.3) is 0 Å². The fourth-order valence-corrected chi connectivity index (χ4v) is 5.54. The number of aryl methyl sites for hydroxylation is 1. The van der Waals surface area contributed by atoms with Crippen molar-refractivity contribution in [2.75, 3.05) is 26.3 Å². The SMILES string of the molecule is CCc1nc2c(c(OC3CCN(S(=O)(=O)Cc4ccccc4)CC3)n1)CCOCC2. The van der Waals surface area contributed by atoms with Crippen molar-refractivity contribution < 1.29 is 17.9 Å². The molecule has 1 aromatic carbocycles. The summed E-state index contributed by atoms with van der Waals surface area (Å²) in [7, 11) is -3.33. The maximum atomic E-state index is 12.8. The molecule has 0 bridgehead atoms. The van der Waals surface area contributed by atoms with Crippen LogP contribution in [-0.4, -0.2) is 55.1 Å². The normalized spacial score (nSPS) is 18.6. The van der Waals surface area contributed by atoms with Crippen molar-refractivity contribution in [3.63, 3.8) is 0 Å². The van der Waals surface area contributed by atoms with Crippen LogP contribution in [0.25, 0.3) is 0 Å². The number of hydrogen-bond acceptors (Lipinski definition) is 6. The first-order chi connectivity index (χ1) is 14.5. The molecule has 0 spiro atoms. The number of ether oxygens (including phenoxy) is 2. The lowest BCUT2D eigenvalue weighted by molar-refractivity contribution is 0.126. The minimum atomic E-state index is -3.33. The zero-order valence-corrected chi connectivity index (χ0v) is 18.2. The zero-order chi connectivity index (χ0) is 21.0. The topological polar surface area (TPSA) is 81.6 Å². The van der Waals surface area contributed by atoms with Gasteiger partial charge in [-0.25, -0.2) is 17.7 Å². The number of fused-ring (bicyclic) bond motifs is 1. The van der Waals surface area contributed by atoms with Crippen molar-refractivity contribution in [2.45, 2.75) is 50.9 Å². The summed E-state index contributed by atoms with van der Waals surface area (Å²) in [6, 6.07) is 9.33. The first-order valence-corrected chi connectivity index (χ1v) is 12.3. The first kappa shape index (κ1) is 21.2. The number of benzene rings is 1. The molecule has 7 nitrogen and oxygen atoms in total. The van der Waals surface area contributed by atoms with Gasteiger partial charge in [0.1, 0.15) is 11.9 Å². The smallest absolute Gasteiger partial charge is 0.220 e. The zero-order valence-electron chi connectivity index (χ0n) is 17.4. The van der Waals surface area contributed by atoms with Crippen molar-refractivity contribution >= 4 is 10.0 Å². The van der Waals surface area contributed by atoms with Crippen LogP contribution < -0.4 is 4.74 Å². The summed E-state index contributed by atoms with van der Waals surface area (Å²) < 4.78 is 39.1. The number of nitrogens with zero attached hydrogens (tertiary/aromatic N) is 3. The minimum absolute atomic E-state index is 0.0403. The molecule has 4 rings (SSSR count). The molecule has 0 amide bonds. The third-order valence-corrected chi connectivity index (χ3v) is 7.51. The van der Waals surface area contributed by atoms with E-state index in [-0.39, 0.29) is 11.9 Å². The van der Waals surface area contributed by atoms with Crippen molar-refractivity contribution in [3.05, 3.63) is 53.0 Å². The lowest BCUT2D eigenvalue weighted by atomic mass is 10.1. The van der Waals surface area contributed by atoms with E-state index in [1.165, 1.54) is 0 Å². The van der Waals surface area contributed by atoms with E-state index in [9.17, 15) is 8.42 Å². The highest BCUT2D eigenvalue weighted by Gasteiger charge is 2.30.